The topological polar surface area (TPSA) is 117 Å². The second-order valence-electron chi connectivity index (χ2n) is 8.62. The largest absolute Gasteiger partial charge is 0.485 e. The highest BCUT2D eigenvalue weighted by molar-refractivity contribution is 7.89. The first-order valence-corrected chi connectivity index (χ1v) is 13.5. The first-order valence-electron chi connectivity index (χ1n) is 11.1. The van der Waals surface area contributed by atoms with Crippen molar-refractivity contribution < 1.29 is 17.5 Å². The van der Waals surface area contributed by atoms with Gasteiger partial charge in [-0.15, -0.1) is 0 Å². The molecular formula is C25H23ClFN5O4S. The SMILES string of the molecule is Cc1cnc(COc2cc(C)n(-c3cc(-c4ccnc(CS(C)(=O)=O)n4)ncc3C)c(=O)c2Cl)c(F)c1. The molecule has 0 bridgehead atoms. The predicted octanol–water partition coefficient (Wildman–Crippen LogP) is 3.93. The Labute approximate surface area is 217 Å². The molecule has 0 spiro atoms. The van der Waals surface area contributed by atoms with Gasteiger partial charge in [-0.1, -0.05) is 11.6 Å². The second-order valence-corrected chi connectivity index (χ2v) is 11.1. The Morgan fingerprint density at radius 3 is 2.51 bits per heavy atom. The van der Waals surface area contributed by atoms with Gasteiger partial charge in [0.15, 0.2) is 9.84 Å². The maximum Gasteiger partial charge on any atom is 0.277 e. The van der Waals surface area contributed by atoms with Crippen molar-refractivity contribution in [1.29, 1.82) is 0 Å². The summed E-state index contributed by atoms with van der Waals surface area (Å²) in [6.45, 7) is 5.03. The maximum atomic E-state index is 14.1. The molecule has 192 valence electrons. The van der Waals surface area contributed by atoms with Crippen molar-refractivity contribution in [3.8, 4) is 22.8 Å². The number of rotatable bonds is 7. The molecule has 4 aromatic rings. The van der Waals surface area contributed by atoms with E-state index in [4.69, 9.17) is 16.3 Å². The highest BCUT2D eigenvalue weighted by Gasteiger charge is 2.18. The molecule has 4 aromatic heterocycles. The standard InChI is InChI=1S/C25H23ClFN5O4S/c1-14-7-17(27)20(29-10-14)12-36-22-8-16(3)32(25(33)24(22)26)21-9-19(30-11-15(21)2)18-5-6-28-23(31-18)13-37(4,34)35/h5-11H,12-13H2,1-4H3. The molecule has 0 aliphatic rings. The van der Waals surface area contributed by atoms with Gasteiger partial charge in [0.25, 0.3) is 5.56 Å². The van der Waals surface area contributed by atoms with Crippen molar-refractivity contribution in [1.82, 2.24) is 24.5 Å². The van der Waals surface area contributed by atoms with Crippen LogP contribution >= 0.6 is 11.6 Å². The van der Waals surface area contributed by atoms with Crippen LogP contribution in [0, 0.1) is 26.6 Å². The average Bonchev–Trinajstić information content (AvgIpc) is 2.81. The fourth-order valence-corrected chi connectivity index (χ4v) is 4.44. The lowest BCUT2D eigenvalue weighted by atomic mass is 10.1. The van der Waals surface area contributed by atoms with Crippen LogP contribution in [0.25, 0.3) is 17.1 Å². The van der Waals surface area contributed by atoms with Crippen molar-refractivity contribution in [2.75, 3.05) is 6.26 Å². The maximum absolute atomic E-state index is 14.1. The van der Waals surface area contributed by atoms with Crippen molar-refractivity contribution in [2.45, 2.75) is 33.1 Å². The summed E-state index contributed by atoms with van der Waals surface area (Å²) in [6.07, 6.45) is 5.67. The zero-order valence-corrected chi connectivity index (χ0v) is 22.1. The number of aryl methyl sites for hydroxylation is 3. The summed E-state index contributed by atoms with van der Waals surface area (Å²) in [5.41, 5.74) is 2.78. The summed E-state index contributed by atoms with van der Waals surface area (Å²) in [4.78, 5) is 30.0. The molecule has 0 N–H and O–H groups in total. The molecule has 0 unspecified atom stereocenters. The molecule has 0 aliphatic heterocycles. The van der Waals surface area contributed by atoms with Crippen LogP contribution in [0.5, 0.6) is 5.75 Å². The third-order valence-electron chi connectivity index (χ3n) is 5.39. The van der Waals surface area contributed by atoms with E-state index in [0.29, 0.717) is 33.9 Å². The Morgan fingerprint density at radius 1 is 1.05 bits per heavy atom. The van der Waals surface area contributed by atoms with Gasteiger partial charge in [-0.2, -0.15) is 0 Å². The molecule has 4 heterocycles. The molecule has 0 amide bonds. The molecule has 0 atom stereocenters. The van der Waals surface area contributed by atoms with Crippen LogP contribution in [0.4, 0.5) is 4.39 Å². The van der Waals surface area contributed by atoms with E-state index < -0.39 is 21.2 Å². The fourth-order valence-electron chi connectivity index (χ4n) is 3.64. The summed E-state index contributed by atoms with van der Waals surface area (Å²) < 4.78 is 44.5. The smallest absolute Gasteiger partial charge is 0.277 e. The number of aromatic nitrogens is 5. The summed E-state index contributed by atoms with van der Waals surface area (Å²) in [5.74, 6) is -0.570. The van der Waals surface area contributed by atoms with Crippen LogP contribution < -0.4 is 10.3 Å². The van der Waals surface area contributed by atoms with Gasteiger partial charge in [-0.3, -0.25) is 19.3 Å². The van der Waals surface area contributed by atoms with Gasteiger partial charge in [0.2, 0.25) is 0 Å². The zero-order chi connectivity index (χ0) is 26.9. The van der Waals surface area contributed by atoms with E-state index in [2.05, 4.69) is 19.9 Å². The summed E-state index contributed by atoms with van der Waals surface area (Å²) in [5, 5.41) is -0.173. The van der Waals surface area contributed by atoms with E-state index in [0.717, 1.165) is 6.26 Å². The van der Waals surface area contributed by atoms with Gasteiger partial charge >= 0.3 is 0 Å². The van der Waals surface area contributed by atoms with Gasteiger partial charge in [0.05, 0.1) is 17.1 Å². The minimum Gasteiger partial charge on any atom is -0.485 e. The van der Waals surface area contributed by atoms with Crippen LogP contribution in [0.3, 0.4) is 0 Å². The number of hydrogen-bond acceptors (Lipinski definition) is 8. The van der Waals surface area contributed by atoms with Gasteiger partial charge in [-0.05, 0) is 50.1 Å². The highest BCUT2D eigenvalue weighted by Crippen LogP contribution is 2.27. The third kappa shape index (κ3) is 6.00. The fraction of sp³-hybridized carbons (Fsp3) is 0.240. The second kappa shape index (κ2) is 10.3. The van der Waals surface area contributed by atoms with Crippen molar-refractivity contribution in [3.63, 3.8) is 0 Å². The normalized spacial score (nSPS) is 11.5. The Bertz CT molecular complexity index is 1670. The van der Waals surface area contributed by atoms with E-state index in [-0.39, 0.29) is 34.7 Å². The van der Waals surface area contributed by atoms with E-state index in [1.165, 1.54) is 23.0 Å². The minimum atomic E-state index is -3.32. The quantitative estimate of drug-likeness (QED) is 0.344. The molecule has 0 saturated heterocycles. The molecule has 0 aromatic carbocycles. The van der Waals surface area contributed by atoms with Crippen LogP contribution in [0.2, 0.25) is 5.02 Å². The highest BCUT2D eigenvalue weighted by atomic mass is 35.5. The molecule has 0 radical (unpaired) electrons. The lowest BCUT2D eigenvalue weighted by Crippen LogP contribution is -2.23. The summed E-state index contributed by atoms with van der Waals surface area (Å²) in [7, 11) is -3.32. The van der Waals surface area contributed by atoms with Crippen LogP contribution in [-0.2, 0) is 22.2 Å². The molecular weight excluding hydrogens is 521 g/mol. The van der Waals surface area contributed by atoms with Gasteiger partial charge in [0.1, 0.15) is 40.5 Å². The number of ether oxygens (including phenoxy) is 1. The molecule has 37 heavy (non-hydrogen) atoms. The predicted molar refractivity (Wildman–Crippen MR) is 137 cm³/mol. The number of sulfone groups is 1. The zero-order valence-electron chi connectivity index (χ0n) is 20.5. The van der Waals surface area contributed by atoms with Gasteiger partial charge in [-0.25, -0.2) is 22.8 Å². The monoisotopic (exact) mass is 543 g/mol. The lowest BCUT2D eigenvalue weighted by molar-refractivity contribution is 0.293. The number of hydrogen-bond donors (Lipinski definition) is 0. The van der Waals surface area contributed by atoms with Crippen LogP contribution in [0.15, 0.2) is 47.7 Å². The number of pyridine rings is 3. The van der Waals surface area contributed by atoms with Crippen molar-refractivity contribution in [2.24, 2.45) is 0 Å². The number of halogens is 2. The summed E-state index contributed by atoms with van der Waals surface area (Å²) >= 11 is 6.38. The Hall–Kier alpha value is -3.70. The third-order valence-corrected chi connectivity index (χ3v) is 6.52. The van der Waals surface area contributed by atoms with Crippen LogP contribution in [0.1, 0.15) is 28.3 Å². The number of nitrogens with zero attached hydrogens (tertiary/aromatic N) is 5. The van der Waals surface area contributed by atoms with Gasteiger partial charge in [0, 0.05) is 36.6 Å². The van der Waals surface area contributed by atoms with Crippen molar-refractivity contribution >= 4 is 21.4 Å². The molecule has 12 heteroatoms. The van der Waals surface area contributed by atoms with Crippen molar-refractivity contribution in [3.05, 3.63) is 92.4 Å². The first-order chi connectivity index (χ1) is 17.4. The van der Waals surface area contributed by atoms with Gasteiger partial charge < -0.3 is 4.74 Å². The molecule has 4 rings (SSSR count). The van der Waals surface area contributed by atoms with E-state index in [1.807, 2.05) is 0 Å². The average molecular weight is 544 g/mol. The van der Waals surface area contributed by atoms with E-state index in [1.54, 1.807) is 45.2 Å². The minimum absolute atomic E-state index is 0.0956. The van der Waals surface area contributed by atoms with Crippen LogP contribution in [-0.4, -0.2) is 39.2 Å². The molecule has 0 aliphatic carbocycles. The Balaban J connectivity index is 1.70. The molecule has 0 fully saturated rings. The molecule has 0 saturated carbocycles. The summed E-state index contributed by atoms with van der Waals surface area (Å²) in [6, 6.07) is 6.20. The lowest BCUT2D eigenvalue weighted by Gasteiger charge is -2.17. The van der Waals surface area contributed by atoms with E-state index >= 15 is 0 Å². The Kier molecular flexibility index (Phi) is 7.37. The molecule has 9 nitrogen and oxygen atoms in total. The van der Waals surface area contributed by atoms with E-state index in [9.17, 15) is 17.6 Å². The first kappa shape index (κ1) is 26.4. The Morgan fingerprint density at radius 2 is 1.81 bits per heavy atom.